The van der Waals surface area contributed by atoms with Crippen LogP contribution >= 0.6 is 0 Å². The Labute approximate surface area is 109 Å². The second-order valence-corrected chi connectivity index (χ2v) is 5.53. The number of rotatable bonds is 3. The average molecular weight is 255 g/mol. The van der Waals surface area contributed by atoms with E-state index in [1.54, 1.807) is 4.90 Å². The Morgan fingerprint density at radius 2 is 1.50 bits per heavy atom. The molecule has 1 saturated heterocycles. The number of hydrogen-bond acceptors (Lipinski definition) is 2. The normalized spacial score (nSPS) is 17.1. The van der Waals surface area contributed by atoms with Gasteiger partial charge in [-0.25, -0.2) is 4.79 Å². The van der Waals surface area contributed by atoms with Crippen LogP contribution in [0.1, 0.15) is 40.5 Å². The largest absolute Gasteiger partial charge is 0.354 e. The Morgan fingerprint density at radius 3 is 1.94 bits per heavy atom. The van der Waals surface area contributed by atoms with E-state index in [2.05, 4.69) is 10.6 Å². The number of piperidine rings is 1. The third-order valence-electron chi connectivity index (χ3n) is 3.00. The first-order chi connectivity index (χ1) is 8.40. The van der Waals surface area contributed by atoms with Gasteiger partial charge in [-0.2, -0.15) is 0 Å². The molecule has 2 N–H and O–H groups in total. The molecular formula is C13H25N3O2. The highest BCUT2D eigenvalue weighted by Crippen LogP contribution is 2.17. The predicted octanol–water partition coefficient (Wildman–Crippen LogP) is 1.34. The summed E-state index contributed by atoms with van der Waals surface area (Å²) in [6.45, 7) is 9.14. The highest BCUT2D eigenvalue weighted by atomic mass is 16.2. The lowest BCUT2D eigenvalue weighted by Gasteiger charge is -2.32. The molecule has 0 aromatic heterocycles. The number of urea groups is 1. The maximum Gasteiger partial charge on any atom is 0.317 e. The number of carbonyl (C=O) groups excluding carboxylic acids is 2. The first kappa shape index (κ1) is 14.8. The van der Waals surface area contributed by atoms with Crippen molar-refractivity contribution in [3.63, 3.8) is 0 Å². The minimum atomic E-state index is -0.0206. The van der Waals surface area contributed by atoms with Gasteiger partial charge in [-0.05, 0) is 40.5 Å². The van der Waals surface area contributed by atoms with Crippen LogP contribution in [0, 0.1) is 5.92 Å². The Morgan fingerprint density at radius 1 is 1.00 bits per heavy atom. The Bertz CT molecular complexity index is 265. The second kappa shape index (κ2) is 6.61. The van der Waals surface area contributed by atoms with Gasteiger partial charge < -0.3 is 15.5 Å². The molecule has 1 aliphatic heterocycles. The fraction of sp³-hybridized carbons (Fsp3) is 0.846. The summed E-state index contributed by atoms with van der Waals surface area (Å²) in [7, 11) is 0. The zero-order valence-electron chi connectivity index (χ0n) is 11.8. The lowest BCUT2D eigenvalue weighted by molar-refractivity contribution is -0.126. The van der Waals surface area contributed by atoms with E-state index < -0.39 is 0 Å². The molecule has 3 amide bonds. The van der Waals surface area contributed by atoms with Crippen LogP contribution in [0.25, 0.3) is 0 Å². The average Bonchev–Trinajstić information content (AvgIpc) is 2.27. The van der Waals surface area contributed by atoms with Crippen molar-refractivity contribution in [2.45, 2.75) is 52.6 Å². The van der Waals surface area contributed by atoms with Crippen molar-refractivity contribution < 1.29 is 9.59 Å². The van der Waals surface area contributed by atoms with Gasteiger partial charge in [0, 0.05) is 31.1 Å². The van der Waals surface area contributed by atoms with Crippen LogP contribution in [0.2, 0.25) is 0 Å². The molecule has 18 heavy (non-hydrogen) atoms. The number of amides is 3. The van der Waals surface area contributed by atoms with Gasteiger partial charge in [0.2, 0.25) is 5.91 Å². The van der Waals surface area contributed by atoms with Crippen molar-refractivity contribution >= 4 is 11.9 Å². The van der Waals surface area contributed by atoms with Crippen molar-refractivity contribution in [3.8, 4) is 0 Å². The van der Waals surface area contributed by atoms with Gasteiger partial charge in [-0.3, -0.25) is 4.79 Å². The highest BCUT2D eigenvalue weighted by Gasteiger charge is 2.27. The van der Waals surface area contributed by atoms with E-state index in [4.69, 9.17) is 0 Å². The molecular weight excluding hydrogens is 230 g/mol. The topological polar surface area (TPSA) is 61.4 Å². The van der Waals surface area contributed by atoms with Crippen molar-refractivity contribution in [3.05, 3.63) is 0 Å². The summed E-state index contributed by atoms with van der Waals surface area (Å²) in [5, 5.41) is 5.81. The van der Waals surface area contributed by atoms with Crippen molar-refractivity contribution in [1.29, 1.82) is 0 Å². The van der Waals surface area contributed by atoms with Crippen LogP contribution in [-0.4, -0.2) is 42.0 Å². The molecule has 1 heterocycles. The van der Waals surface area contributed by atoms with Crippen LogP contribution in [0.4, 0.5) is 4.79 Å². The van der Waals surface area contributed by atoms with Crippen LogP contribution in [0.3, 0.4) is 0 Å². The fourth-order valence-corrected chi connectivity index (χ4v) is 2.09. The third-order valence-corrected chi connectivity index (χ3v) is 3.00. The molecule has 0 unspecified atom stereocenters. The van der Waals surface area contributed by atoms with Gasteiger partial charge in [-0.15, -0.1) is 0 Å². The maximum atomic E-state index is 11.8. The summed E-state index contributed by atoms with van der Waals surface area (Å²) in [5.41, 5.74) is 0. The second-order valence-electron chi connectivity index (χ2n) is 5.53. The first-order valence-corrected chi connectivity index (χ1v) is 6.76. The minimum Gasteiger partial charge on any atom is -0.354 e. The molecule has 104 valence electrons. The molecule has 0 radical (unpaired) electrons. The zero-order valence-corrected chi connectivity index (χ0v) is 11.8. The summed E-state index contributed by atoms with van der Waals surface area (Å²) in [6.07, 6.45) is 1.51. The Kier molecular flexibility index (Phi) is 5.44. The van der Waals surface area contributed by atoms with Crippen LogP contribution in [0.5, 0.6) is 0 Å². The number of hydrogen-bond donors (Lipinski definition) is 2. The molecule has 0 spiro atoms. The van der Waals surface area contributed by atoms with Gasteiger partial charge in [0.15, 0.2) is 0 Å². The van der Waals surface area contributed by atoms with Gasteiger partial charge in [0.05, 0.1) is 0 Å². The van der Waals surface area contributed by atoms with Crippen molar-refractivity contribution in [2.75, 3.05) is 13.1 Å². The molecule has 0 atom stereocenters. The smallest absolute Gasteiger partial charge is 0.317 e. The van der Waals surface area contributed by atoms with Crippen molar-refractivity contribution in [1.82, 2.24) is 15.5 Å². The number of nitrogens with zero attached hydrogens (tertiary/aromatic N) is 1. The number of likely N-dealkylation sites (tertiary alicyclic amines) is 1. The van der Waals surface area contributed by atoms with E-state index in [1.165, 1.54) is 0 Å². The lowest BCUT2D eigenvalue weighted by atomic mass is 9.96. The maximum absolute atomic E-state index is 11.8. The number of carbonyl (C=O) groups is 2. The Hall–Kier alpha value is -1.26. The number of nitrogens with one attached hydrogen (secondary N) is 2. The molecule has 0 bridgehead atoms. The molecule has 0 aromatic rings. The summed E-state index contributed by atoms with van der Waals surface area (Å²) in [4.78, 5) is 25.4. The van der Waals surface area contributed by atoms with Gasteiger partial charge in [0.1, 0.15) is 0 Å². The monoisotopic (exact) mass is 255 g/mol. The molecule has 1 aliphatic rings. The van der Waals surface area contributed by atoms with E-state index >= 15 is 0 Å². The van der Waals surface area contributed by atoms with Crippen LogP contribution in [0.15, 0.2) is 0 Å². The molecule has 0 aliphatic carbocycles. The standard InChI is InChI=1S/C13H25N3O2/c1-9(2)14-12(17)11-5-7-16(8-6-11)13(18)15-10(3)4/h9-11H,5-8H2,1-4H3,(H,14,17)(H,15,18). The van der Waals surface area contributed by atoms with E-state index in [9.17, 15) is 9.59 Å². The van der Waals surface area contributed by atoms with E-state index in [-0.39, 0.29) is 29.9 Å². The van der Waals surface area contributed by atoms with E-state index in [0.29, 0.717) is 13.1 Å². The van der Waals surface area contributed by atoms with Gasteiger partial charge in [0.25, 0.3) is 0 Å². The Balaban J connectivity index is 2.36. The van der Waals surface area contributed by atoms with E-state index in [0.717, 1.165) is 12.8 Å². The van der Waals surface area contributed by atoms with Crippen LogP contribution in [-0.2, 0) is 4.79 Å². The molecule has 1 rings (SSSR count). The zero-order chi connectivity index (χ0) is 13.7. The summed E-state index contributed by atoms with van der Waals surface area (Å²) in [5.74, 6) is 0.171. The predicted molar refractivity (Wildman–Crippen MR) is 71.2 cm³/mol. The molecule has 0 saturated carbocycles. The lowest BCUT2D eigenvalue weighted by Crippen LogP contribution is -2.48. The molecule has 1 fully saturated rings. The van der Waals surface area contributed by atoms with Crippen molar-refractivity contribution in [2.24, 2.45) is 5.92 Å². The summed E-state index contributed by atoms with van der Waals surface area (Å²) >= 11 is 0. The quantitative estimate of drug-likeness (QED) is 0.799. The highest BCUT2D eigenvalue weighted by molar-refractivity contribution is 5.79. The summed E-state index contributed by atoms with van der Waals surface area (Å²) < 4.78 is 0. The van der Waals surface area contributed by atoms with Crippen LogP contribution < -0.4 is 10.6 Å². The first-order valence-electron chi connectivity index (χ1n) is 6.76. The third kappa shape index (κ3) is 4.55. The van der Waals surface area contributed by atoms with Gasteiger partial charge in [-0.1, -0.05) is 0 Å². The van der Waals surface area contributed by atoms with Gasteiger partial charge >= 0.3 is 6.03 Å². The molecule has 0 aromatic carbocycles. The summed E-state index contributed by atoms with van der Waals surface area (Å²) in [6, 6.07) is 0.312. The van der Waals surface area contributed by atoms with E-state index in [1.807, 2.05) is 27.7 Å². The SMILES string of the molecule is CC(C)NC(=O)C1CCN(C(=O)NC(C)C)CC1. The molecule has 5 heteroatoms. The molecule has 5 nitrogen and oxygen atoms in total. The minimum absolute atomic E-state index is 0.0206. The fourth-order valence-electron chi connectivity index (χ4n) is 2.09.